The number of ether oxygens (including phenoxy) is 1. The second kappa shape index (κ2) is 8.17. The van der Waals surface area contributed by atoms with Gasteiger partial charge in [-0.2, -0.15) is 0 Å². The lowest BCUT2D eigenvalue weighted by molar-refractivity contribution is -0.121. The minimum absolute atomic E-state index is 0.0723. The van der Waals surface area contributed by atoms with Crippen LogP contribution in [0.4, 0.5) is 10.5 Å². The van der Waals surface area contributed by atoms with E-state index in [1.807, 2.05) is 6.92 Å². The number of hydrogen-bond donors (Lipinski definition) is 1. The minimum Gasteiger partial charge on any atom is -0.450 e. The highest BCUT2D eigenvalue weighted by Crippen LogP contribution is 2.15. The summed E-state index contributed by atoms with van der Waals surface area (Å²) in [5.74, 6) is -0.0723. The van der Waals surface area contributed by atoms with Gasteiger partial charge in [-0.3, -0.25) is 9.69 Å². The average Bonchev–Trinajstić information content (AvgIpc) is 2.56. The van der Waals surface area contributed by atoms with Gasteiger partial charge in [-0.25, -0.2) is 4.79 Å². The first-order chi connectivity index (χ1) is 11.0. The van der Waals surface area contributed by atoms with Crippen molar-refractivity contribution in [1.29, 1.82) is 0 Å². The molecule has 1 atom stereocenters. The van der Waals surface area contributed by atoms with E-state index in [9.17, 15) is 9.59 Å². The number of nitrogens with one attached hydrogen (secondary N) is 1. The van der Waals surface area contributed by atoms with E-state index in [4.69, 9.17) is 16.3 Å². The zero-order valence-electron chi connectivity index (χ0n) is 13.4. The van der Waals surface area contributed by atoms with Gasteiger partial charge in [0.25, 0.3) is 0 Å². The molecule has 0 unspecified atom stereocenters. The summed E-state index contributed by atoms with van der Waals surface area (Å²) >= 11 is 5.83. The van der Waals surface area contributed by atoms with Crippen LogP contribution < -0.4 is 5.32 Å². The lowest BCUT2D eigenvalue weighted by Gasteiger charge is -2.36. The first-order valence-electron chi connectivity index (χ1n) is 7.73. The molecule has 7 heteroatoms. The van der Waals surface area contributed by atoms with E-state index in [-0.39, 0.29) is 18.0 Å². The molecule has 1 aromatic rings. The monoisotopic (exact) mass is 339 g/mol. The SMILES string of the molecule is CCOC(=O)N1CCN([C@@H](C)C(=O)Nc2ccc(Cl)cc2)CC1. The maximum Gasteiger partial charge on any atom is 0.409 e. The lowest BCUT2D eigenvalue weighted by Crippen LogP contribution is -2.54. The van der Waals surface area contributed by atoms with Crippen LogP contribution in [0.5, 0.6) is 0 Å². The summed E-state index contributed by atoms with van der Waals surface area (Å²) in [6.07, 6.45) is -0.287. The Morgan fingerprint density at radius 1 is 1.22 bits per heavy atom. The van der Waals surface area contributed by atoms with Gasteiger partial charge in [0.1, 0.15) is 0 Å². The molecule has 126 valence electrons. The van der Waals surface area contributed by atoms with Gasteiger partial charge in [0.2, 0.25) is 5.91 Å². The summed E-state index contributed by atoms with van der Waals surface area (Å²) < 4.78 is 4.99. The van der Waals surface area contributed by atoms with Crippen molar-refractivity contribution in [1.82, 2.24) is 9.80 Å². The number of hydrogen-bond acceptors (Lipinski definition) is 4. The highest BCUT2D eigenvalue weighted by Gasteiger charge is 2.27. The third-order valence-corrected chi connectivity index (χ3v) is 4.13. The molecule has 6 nitrogen and oxygen atoms in total. The molecule has 2 rings (SSSR count). The molecule has 1 fully saturated rings. The molecule has 0 saturated carbocycles. The molecule has 1 saturated heterocycles. The summed E-state index contributed by atoms with van der Waals surface area (Å²) in [4.78, 5) is 27.7. The van der Waals surface area contributed by atoms with E-state index < -0.39 is 0 Å². The van der Waals surface area contributed by atoms with Gasteiger partial charge in [0.15, 0.2) is 0 Å². The predicted octanol–water partition coefficient (Wildman–Crippen LogP) is 2.44. The van der Waals surface area contributed by atoms with Crippen LogP contribution in [-0.2, 0) is 9.53 Å². The van der Waals surface area contributed by atoms with Crippen LogP contribution in [0.3, 0.4) is 0 Å². The van der Waals surface area contributed by atoms with Crippen LogP contribution >= 0.6 is 11.6 Å². The van der Waals surface area contributed by atoms with Crippen LogP contribution in [0.2, 0.25) is 5.02 Å². The molecule has 1 aromatic carbocycles. The smallest absolute Gasteiger partial charge is 0.409 e. The van der Waals surface area contributed by atoms with Gasteiger partial charge in [-0.15, -0.1) is 0 Å². The molecule has 23 heavy (non-hydrogen) atoms. The molecule has 0 aromatic heterocycles. The Balaban J connectivity index is 1.84. The second-order valence-electron chi connectivity index (χ2n) is 5.39. The molecular formula is C16H22ClN3O3. The Morgan fingerprint density at radius 2 is 1.83 bits per heavy atom. The van der Waals surface area contributed by atoms with Crippen LogP contribution in [0.1, 0.15) is 13.8 Å². The maximum atomic E-state index is 12.3. The van der Waals surface area contributed by atoms with Gasteiger partial charge in [0, 0.05) is 36.9 Å². The largest absolute Gasteiger partial charge is 0.450 e. The van der Waals surface area contributed by atoms with Gasteiger partial charge >= 0.3 is 6.09 Å². The quantitative estimate of drug-likeness (QED) is 0.915. The molecular weight excluding hydrogens is 318 g/mol. The molecule has 0 spiro atoms. The average molecular weight is 340 g/mol. The summed E-state index contributed by atoms with van der Waals surface area (Å²) in [5, 5.41) is 3.51. The molecule has 0 bridgehead atoms. The number of nitrogens with zero attached hydrogens (tertiary/aromatic N) is 2. The zero-order valence-corrected chi connectivity index (χ0v) is 14.2. The highest BCUT2D eigenvalue weighted by molar-refractivity contribution is 6.30. The minimum atomic E-state index is -0.287. The Kier molecular flexibility index (Phi) is 6.24. The normalized spacial score (nSPS) is 16.7. The number of halogens is 1. The van der Waals surface area contributed by atoms with E-state index in [1.54, 1.807) is 36.1 Å². The van der Waals surface area contributed by atoms with Crippen molar-refractivity contribution in [3.63, 3.8) is 0 Å². The van der Waals surface area contributed by atoms with E-state index in [1.165, 1.54) is 0 Å². The molecule has 2 amide bonds. The van der Waals surface area contributed by atoms with Crippen LogP contribution in [0.25, 0.3) is 0 Å². The van der Waals surface area contributed by atoms with Crippen molar-refractivity contribution in [2.75, 3.05) is 38.1 Å². The lowest BCUT2D eigenvalue weighted by atomic mass is 10.2. The van der Waals surface area contributed by atoms with Crippen molar-refractivity contribution in [2.24, 2.45) is 0 Å². The molecule has 1 aliphatic rings. The standard InChI is InChI=1S/C16H22ClN3O3/c1-3-23-16(22)20-10-8-19(9-11-20)12(2)15(21)18-14-6-4-13(17)5-7-14/h4-7,12H,3,8-11H2,1-2H3,(H,18,21)/t12-/m0/s1. The van der Waals surface area contributed by atoms with Gasteiger partial charge in [-0.05, 0) is 38.1 Å². The highest BCUT2D eigenvalue weighted by atomic mass is 35.5. The third-order valence-electron chi connectivity index (χ3n) is 3.88. The van der Waals surface area contributed by atoms with E-state index in [0.717, 1.165) is 5.69 Å². The van der Waals surface area contributed by atoms with Gasteiger partial charge < -0.3 is 15.0 Å². The van der Waals surface area contributed by atoms with Gasteiger partial charge in [-0.1, -0.05) is 11.6 Å². The fourth-order valence-electron chi connectivity index (χ4n) is 2.45. The third kappa shape index (κ3) is 4.84. The number of carbonyl (C=O) groups is 2. The fraction of sp³-hybridized carbons (Fsp3) is 0.500. The molecule has 1 aliphatic heterocycles. The Bertz CT molecular complexity index is 542. The summed E-state index contributed by atoms with van der Waals surface area (Å²) in [6.45, 7) is 6.46. The molecule has 0 aliphatic carbocycles. The van der Waals surface area contributed by atoms with Crippen LogP contribution in [-0.4, -0.2) is 60.6 Å². The predicted molar refractivity (Wildman–Crippen MR) is 89.7 cm³/mol. The number of anilines is 1. The summed E-state index contributed by atoms with van der Waals surface area (Å²) in [6, 6.07) is 6.74. The fourth-order valence-corrected chi connectivity index (χ4v) is 2.58. The van der Waals surface area contributed by atoms with Crippen molar-refractivity contribution < 1.29 is 14.3 Å². The Hall–Kier alpha value is -1.79. The Morgan fingerprint density at radius 3 is 2.39 bits per heavy atom. The van der Waals surface area contributed by atoms with E-state index >= 15 is 0 Å². The van der Waals surface area contributed by atoms with Crippen LogP contribution in [0, 0.1) is 0 Å². The number of piperazine rings is 1. The van der Waals surface area contributed by atoms with Crippen LogP contribution in [0.15, 0.2) is 24.3 Å². The topological polar surface area (TPSA) is 61.9 Å². The molecule has 0 radical (unpaired) electrons. The number of benzene rings is 1. The number of carbonyl (C=O) groups excluding carboxylic acids is 2. The van der Waals surface area contributed by atoms with E-state index in [2.05, 4.69) is 10.2 Å². The number of amides is 2. The summed E-state index contributed by atoms with van der Waals surface area (Å²) in [7, 11) is 0. The first kappa shape index (κ1) is 17.6. The molecule has 1 N–H and O–H groups in total. The van der Waals surface area contributed by atoms with Crippen molar-refractivity contribution >= 4 is 29.3 Å². The van der Waals surface area contributed by atoms with Crippen molar-refractivity contribution in [3.8, 4) is 0 Å². The molecule has 1 heterocycles. The van der Waals surface area contributed by atoms with Crippen molar-refractivity contribution in [2.45, 2.75) is 19.9 Å². The second-order valence-corrected chi connectivity index (χ2v) is 5.83. The maximum absolute atomic E-state index is 12.3. The van der Waals surface area contributed by atoms with Gasteiger partial charge in [0.05, 0.1) is 12.6 Å². The van der Waals surface area contributed by atoms with Crippen molar-refractivity contribution in [3.05, 3.63) is 29.3 Å². The first-order valence-corrected chi connectivity index (χ1v) is 8.11. The Labute approximate surface area is 141 Å². The van der Waals surface area contributed by atoms with E-state index in [0.29, 0.717) is 37.8 Å². The zero-order chi connectivity index (χ0) is 16.8. The number of rotatable bonds is 4. The summed E-state index contributed by atoms with van der Waals surface area (Å²) in [5.41, 5.74) is 0.719.